The molecule has 101 heavy (non-hydrogen) atoms. The molecule has 4 saturated heterocycles. The van der Waals surface area contributed by atoms with Crippen molar-refractivity contribution < 1.29 is 120 Å². The molecule has 12 fully saturated rings. The van der Waals surface area contributed by atoms with Crippen LogP contribution in [0.3, 0.4) is 0 Å². The Kier molecular flexibility index (Phi) is 121. The third-order valence-corrected chi connectivity index (χ3v) is 28.8. The molecule has 12 aliphatic rings. The summed E-state index contributed by atoms with van der Waals surface area (Å²) in [5, 5.41) is 0. The van der Waals surface area contributed by atoms with Crippen molar-refractivity contribution in [3.05, 3.63) is 59.4 Å². The normalized spacial score (nSPS) is 22.1. The molecule has 0 aromatic carbocycles. The molecule has 0 aromatic heterocycles. The standard InChI is InChI=1S/C12H23N.3C11H21N.C11H26Si2.3C5H10.8CH3.3BrH.9ClH.4Ti/c1-4-9-13(10-5-1)11-8-12-6-2-3-7-12;3*1-12-8-6-11(7-9-12)10-4-2-3-5-10;1-12(2,3)10-7-8-11(9-10)13(4,5)6;3*1-2-4-5-3-1;;;;;;;;;;;;;;;;;;;;;;;;/h12H,1-11H2;3*10-11H,2-9H2,1H3;10-11H,7-9H2,1-6H3;3*1-5H2;8*1H3;12*1H;;;;/q;;;;;;;;8*-1;;;;;;;;;;;;;4*+2/p-12. The number of nitrogens with zero attached hydrogens (tertiary/aromatic N) is 4. The molecule has 4 heterocycles. The molecular formula is C79H166Br3Cl9N4Si2Ti4-12. The summed E-state index contributed by atoms with van der Waals surface area (Å²) in [7, 11) is 34.5. The van der Waals surface area contributed by atoms with Gasteiger partial charge in [0.25, 0.3) is 0 Å². The van der Waals surface area contributed by atoms with Crippen LogP contribution in [0.15, 0.2) is 0 Å². The van der Waals surface area contributed by atoms with Crippen LogP contribution in [0.5, 0.6) is 0 Å². The van der Waals surface area contributed by atoms with Crippen LogP contribution in [0, 0.1) is 101 Å². The molecule has 0 radical (unpaired) electrons. The van der Waals surface area contributed by atoms with Crippen molar-refractivity contribution in [3.63, 3.8) is 0 Å². The van der Waals surface area contributed by atoms with E-state index in [1.54, 1.807) is 19.3 Å². The van der Waals surface area contributed by atoms with Gasteiger partial charge in [-0.1, -0.05) is 264 Å². The van der Waals surface area contributed by atoms with Crippen molar-refractivity contribution in [1.29, 1.82) is 0 Å². The molecule has 8 aliphatic carbocycles. The Labute approximate surface area is 742 Å². The number of rotatable bonds is 8. The van der Waals surface area contributed by atoms with E-state index in [2.05, 4.69) is 106 Å². The van der Waals surface area contributed by atoms with Crippen LogP contribution in [0.25, 0.3) is 0 Å². The zero-order valence-electron chi connectivity index (χ0n) is 69.0. The second kappa shape index (κ2) is 91.1. The first kappa shape index (κ1) is 134. The molecule has 0 aromatic rings. The van der Waals surface area contributed by atoms with Gasteiger partial charge in [-0.25, -0.2) is 0 Å². The van der Waals surface area contributed by atoms with E-state index in [0.29, 0.717) is 0 Å². The first-order chi connectivity index (χ1) is 42.9. The summed E-state index contributed by atoms with van der Waals surface area (Å²) in [4.78, 5) is 10.1. The fraction of sp³-hybridized carbons (Fsp3) is 0.899. The molecule has 12 rings (SSSR count). The minimum absolute atomic E-state index is 0. The third-order valence-electron chi connectivity index (χ3n) is 22.9. The van der Waals surface area contributed by atoms with Gasteiger partial charge in [-0.2, -0.15) is 0 Å². The predicted molar refractivity (Wildman–Crippen MR) is 455 cm³/mol. The molecule has 4 aliphatic heterocycles. The van der Waals surface area contributed by atoms with Gasteiger partial charge >= 0.3 is 148 Å². The fourth-order valence-electron chi connectivity index (χ4n) is 16.8. The SMILES string of the molecule is C1CCCC1.C1CCCC1.C1CCCC1.C1CCN(CCC2CCCC2)CC1.CN1CCC(C2CCCC2)CC1.CN1CCC(C2CCCC2)CC1.CN1CCC(C2CCCC2)CC1.C[Si](C)(C)C1CCC([Si](C)(C)C)C1.[Br-].[Br][Ti][Br].[CH3-].[CH3-].[CH3-].[CH3-].[CH3-].[CH3-].[CH3-].[CH3-].[Cl-].[Cl-].[Cl-].[Cl][Ti][Cl].[Cl][Ti][Cl].[Cl][Ti][Cl]. The van der Waals surface area contributed by atoms with Crippen LogP contribution in [-0.4, -0.2) is 116 Å². The summed E-state index contributed by atoms with van der Waals surface area (Å²) >= 11 is 4.83. The van der Waals surface area contributed by atoms with Gasteiger partial charge in [0, 0.05) is 16.1 Å². The Hall–Kier alpha value is 7.18. The molecular weight excluding hydrogens is 1810 g/mol. The molecule has 2 atom stereocenters. The number of hydrogen-bond acceptors (Lipinski definition) is 4. The van der Waals surface area contributed by atoms with Gasteiger partial charge in [-0.05, 0) is 190 Å². The van der Waals surface area contributed by atoms with Crippen molar-refractivity contribution >= 4 is 98.3 Å². The molecule has 0 spiro atoms. The number of piperidine rings is 4. The molecule has 22 heteroatoms. The minimum atomic E-state index is -0.823. The summed E-state index contributed by atoms with van der Waals surface area (Å²) in [5.74, 6) is 7.68. The van der Waals surface area contributed by atoms with E-state index < -0.39 is 67.2 Å². The second-order valence-corrected chi connectivity index (χ2v) is 58.1. The van der Waals surface area contributed by atoms with Crippen molar-refractivity contribution in [2.75, 3.05) is 80.0 Å². The Balaban J connectivity index is -0.0000000875. The fourth-order valence-corrected chi connectivity index (χ4v) is 21.1. The van der Waals surface area contributed by atoms with E-state index in [4.69, 9.17) is 55.8 Å². The van der Waals surface area contributed by atoms with Gasteiger partial charge in [0.2, 0.25) is 0 Å². The van der Waals surface area contributed by atoms with Crippen LogP contribution in [-0.2, 0) is 66.1 Å². The number of halogens is 12. The number of likely N-dealkylation sites (tertiary alicyclic amines) is 4. The molecule has 0 amide bonds. The maximum absolute atomic E-state index is 4.89. The van der Waals surface area contributed by atoms with Crippen molar-refractivity contribution in [3.8, 4) is 0 Å². The molecule has 622 valence electrons. The van der Waals surface area contributed by atoms with E-state index in [1.165, 1.54) is 322 Å². The maximum atomic E-state index is 4.89. The van der Waals surface area contributed by atoms with Crippen molar-refractivity contribution in [2.45, 2.75) is 333 Å². The first-order valence-electron chi connectivity index (χ1n) is 37.5. The summed E-state index contributed by atoms with van der Waals surface area (Å²) in [6.07, 6.45) is 66.2. The zero-order chi connectivity index (χ0) is 65.8. The van der Waals surface area contributed by atoms with Crippen LogP contribution in [0.1, 0.15) is 283 Å². The summed E-state index contributed by atoms with van der Waals surface area (Å²) in [6, 6.07) is 0. The van der Waals surface area contributed by atoms with E-state index >= 15 is 0 Å². The zero-order valence-corrected chi connectivity index (χ0v) is 88.8. The predicted octanol–water partition coefficient (Wildman–Crippen LogP) is 18.5. The van der Waals surface area contributed by atoms with Gasteiger partial charge in [0.15, 0.2) is 0 Å². The molecule has 2 unspecified atom stereocenters. The van der Waals surface area contributed by atoms with Gasteiger partial charge in [-0.3, -0.25) is 0 Å². The monoisotopic (exact) mass is 1970 g/mol. The Bertz CT molecular complexity index is 1340. The quantitative estimate of drug-likeness (QED) is 0.177. The van der Waals surface area contributed by atoms with Crippen LogP contribution < -0.4 is 54.2 Å². The Morgan fingerprint density at radius 1 is 0.297 bits per heavy atom. The van der Waals surface area contributed by atoms with Crippen molar-refractivity contribution in [2.24, 2.45) is 41.4 Å². The van der Waals surface area contributed by atoms with Gasteiger partial charge in [0.05, 0.1) is 0 Å². The molecule has 0 bridgehead atoms. The van der Waals surface area contributed by atoms with Gasteiger partial charge in [-0.15, -0.1) is 0 Å². The van der Waals surface area contributed by atoms with Crippen LogP contribution in [0.2, 0.25) is 50.4 Å². The average Bonchev–Trinajstić information content (AvgIpc) is 1.68. The summed E-state index contributed by atoms with van der Waals surface area (Å²) in [6.45, 7) is 27.5. The average molecular weight is 1980 g/mol. The molecule has 4 nitrogen and oxygen atoms in total. The first-order valence-corrected chi connectivity index (χ1v) is 65.3. The van der Waals surface area contributed by atoms with Gasteiger partial charge < -0.3 is 133 Å². The van der Waals surface area contributed by atoms with Crippen molar-refractivity contribution in [1.82, 2.24) is 19.6 Å². The summed E-state index contributed by atoms with van der Waals surface area (Å²) < 4.78 is 0. The van der Waals surface area contributed by atoms with Crippen LogP contribution >= 0.6 is 82.2 Å². The Morgan fingerprint density at radius 3 is 0.663 bits per heavy atom. The van der Waals surface area contributed by atoms with E-state index in [9.17, 15) is 0 Å². The summed E-state index contributed by atoms with van der Waals surface area (Å²) in [5.41, 5.74) is 2.26. The van der Waals surface area contributed by atoms with E-state index in [0.717, 1.165) is 52.5 Å². The molecule has 0 N–H and O–H groups in total. The second-order valence-electron chi connectivity index (χ2n) is 31.4. The Morgan fingerprint density at radius 2 is 0.475 bits per heavy atom. The van der Waals surface area contributed by atoms with E-state index in [-0.39, 0.29) is 129 Å². The van der Waals surface area contributed by atoms with E-state index in [1.807, 2.05) is 0 Å². The topological polar surface area (TPSA) is 13.0 Å². The van der Waals surface area contributed by atoms with Crippen LogP contribution in [0.4, 0.5) is 0 Å². The third kappa shape index (κ3) is 74.5. The molecule has 8 saturated carbocycles. The number of hydrogen-bond donors (Lipinski definition) is 0. The van der Waals surface area contributed by atoms with Gasteiger partial charge in [0.1, 0.15) is 0 Å².